The first-order valence-electron chi connectivity index (χ1n) is 4.32. The molecule has 0 aromatic carbocycles. The summed E-state index contributed by atoms with van der Waals surface area (Å²) in [5, 5.41) is 0. The van der Waals surface area contributed by atoms with Gasteiger partial charge in [-0.05, 0) is 0 Å². The van der Waals surface area contributed by atoms with Gasteiger partial charge >= 0.3 is 78.2 Å². The van der Waals surface area contributed by atoms with Crippen LogP contribution in [0.3, 0.4) is 0 Å². The summed E-state index contributed by atoms with van der Waals surface area (Å²) in [5.74, 6) is 0. The molecule has 0 aromatic heterocycles. The van der Waals surface area contributed by atoms with E-state index in [1.54, 1.807) is 7.05 Å². The van der Waals surface area contributed by atoms with Crippen LogP contribution in [-0.4, -0.2) is 41.2 Å². The molecule has 0 aliphatic heterocycles. The Morgan fingerprint density at radius 3 is 2.55 bits per heavy atom. The van der Waals surface area contributed by atoms with Gasteiger partial charge < -0.3 is 0 Å². The SMILES string of the molecule is CCC(C=NC)[O][In]([CH3])[CH2]C. The third-order valence-electron chi connectivity index (χ3n) is 1.70. The average Bonchev–Trinajstić information content (AvgIpc) is 2.03. The molecule has 0 aliphatic carbocycles. The molecular formula is C8H18InNO. The van der Waals surface area contributed by atoms with Crippen molar-refractivity contribution in [3.05, 3.63) is 0 Å². The first kappa shape index (κ1) is 11.5. The van der Waals surface area contributed by atoms with E-state index < -0.39 is 21.9 Å². The predicted octanol–water partition coefficient (Wildman–Crippen LogP) is 2.12. The number of nitrogens with zero attached hydrogens (tertiary/aromatic N) is 1. The van der Waals surface area contributed by atoms with Crippen LogP contribution in [0.4, 0.5) is 0 Å². The Balaban J connectivity index is 3.67. The van der Waals surface area contributed by atoms with Crippen molar-refractivity contribution < 1.29 is 2.85 Å². The third kappa shape index (κ3) is 5.74. The van der Waals surface area contributed by atoms with Crippen molar-refractivity contribution in [1.82, 2.24) is 0 Å². The van der Waals surface area contributed by atoms with Crippen LogP contribution >= 0.6 is 0 Å². The van der Waals surface area contributed by atoms with Crippen molar-refractivity contribution in [2.24, 2.45) is 4.99 Å². The topological polar surface area (TPSA) is 21.6 Å². The van der Waals surface area contributed by atoms with Crippen LogP contribution in [0, 0.1) is 0 Å². The van der Waals surface area contributed by atoms with E-state index >= 15 is 0 Å². The van der Waals surface area contributed by atoms with Crippen molar-refractivity contribution in [3.63, 3.8) is 0 Å². The molecule has 0 bridgehead atoms. The summed E-state index contributed by atoms with van der Waals surface area (Å²) in [6.07, 6.45) is 3.27. The van der Waals surface area contributed by atoms with Crippen molar-refractivity contribution in [2.45, 2.75) is 35.2 Å². The van der Waals surface area contributed by atoms with E-state index in [1.165, 1.54) is 4.18 Å². The molecule has 0 aromatic rings. The molecule has 3 heteroatoms. The molecule has 0 aliphatic rings. The predicted molar refractivity (Wildman–Crippen MR) is 51.7 cm³/mol. The fourth-order valence-corrected chi connectivity index (χ4v) is 3.80. The van der Waals surface area contributed by atoms with Crippen molar-refractivity contribution >= 4 is 28.1 Å². The van der Waals surface area contributed by atoms with Gasteiger partial charge in [0.05, 0.1) is 0 Å². The number of hydrogen-bond donors (Lipinski definition) is 0. The molecule has 0 rings (SSSR count). The maximum atomic E-state index is 5.85. The summed E-state index contributed by atoms with van der Waals surface area (Å²) in [5.41, 5.74) is 0. The van der Waals surface area contributed by atoms with E-state index in [2.05, 4.69) is 23.5 Å². The fourth-order valence-electron chi connectivity index (χ4n) is 0.798. The Bertz CT molecular complexity index is 117. The van der Waals surface area contributed by atoms with Gasteiger partial charge in [-0.15, -0.1) is 0 Å². The summed E-state index contributed by atoms with van der Waals surface area (Å²) >= 11 is -1.51. The minimum absolute atomic E-state index is 0.297. The Labute approximate surface area is 78.2 Å². The van der Waals surface area contributed by atoms with Gasteiger partial charge in [-0.2, -0.15) is 0 Å². The van der Waals surface area contributed by atoms with Gasteiger partial charge in [0.1, 0.15) is 0 Å². The Morgan fingerprint density at radius 1 is 1.55 bits per heavy atom. The molecule has 2 nitrogen and oxygen atoms in total. The monoisotopic (exact) mass is 259 g/mol. The van der Waals surface area contributed by atoms with Crippen LogP contribution in [0.15, 0.2) is 4.99 Å². The molecule has 11 heavy (non-hydrogen) atoms. The van der Waals surface area contributed by atoms with E-state index in [-0.39, 0.29) is 0 Å². The van der Waals surface area contributed by atoms with Crippen LogP contribution in [0.1, 0.15) is 20.3 Å². The molecule has 64 valence electrons. The van der Waals surface area contributed by atoms with Crippen molar-refractivity contribution in [1.29, 1.82) is 0 Å². The van der Waals surface area contributed by atoms with Gasteiger partial charge in [0, 0.05) is 0 Å². The first-order chi connectivity index (χ1) is 5.24. The second-order valence-corrected chi connectivity index (χ2v) is 10.4. The van der Waals surface area contributed by atoms with Crippen molar-refractivity contribution in [3.8, 4) is 0 Å². The Hall–Kier alpha value is 0.500. The molecule has 1 unspecified atom stereocenters. The molecule has 0 saturated carbocycles. The van der Waals surface area contributed by atoms with Gasteiger partial charge in [-0.3, -0.25) is 0 Å². The zero-order valence-electron chi connectivity index (χ0n) is 8.00. The molecular weight excluding hydrogens is 241 g/mol. The molecule has 0 fully saturated rings. The van der Waals surface area contributed by atoms with Gasteiger partial charge in [0.15, 0.2) is 0 Å². The molecule has 0 saturated heterocycles. The number of rotatable bonds is 5. The second-order valence-electron chi connectivity index (χ2n) is 2.71. The van der Waals surface area contributed by atoms with Crippen LogP contribution in [0.5, 0.6) is 0 Å². The van der Waals surface area contributed by atoms with Gasteiger partial charge in [0.25, 0.3) is 0 Å². The standard InChI is InChI=1S/C5H10NO.C2H5.CH3.In/c1-3-5(7)4-6-2;1-2;;/h4-5H,3H2,1-2H3;1H2,2H3;1H3;/q-1;;;+1. The summed E-state index contributed by atoms with van der Waals surface area (Å²) in [7, 11) is 1.80. The fraction of sp³-hybridized carbons (Fsp3) is 0.875. The molecule has 0 spiro atoms. The first-order valence-corrected chi connectivity index (χ1v) is 11.3. The van der Waals surface area contributed by atoms with Gasteiger partial charge in [-0.1, -0.05) is 0 Å². The van der Waals surface area contributed by atoms with E-state index in [4.69, 9.17) is 2.85 Å². The second kappa shape index (κ2) is 7.17. The normalized spacial score (nSPS) is 13.8. The summed E-state index contributed by atoms with van der Waals surface area (Å²) < 4.78 is 9.42. The number of hydrogen-bond acceptors (Lipinski definition) is 2. The van der Waals surface area contributed by atoms with Crippen LogP contribution in [-0.2, 0) is 2.85 Å². The number of aliphatic imine (C=N–C) groups is 1. The Kier molecular flexibility index (Phi) is 7.49. The van der Waals surface area contributed by atoms with E-state index in [0.29, 0.717) is 6.10 Å². The van der Waals surface area contributed by atoms with Crippen molar-refractivity contribution in [2.75, 3.05) is 7.05 Å². The summed E-state index contributed by atoms with van der Waals surface area (Å²) in [6, 6.07) is 0. The third-order valence-corrected chi connectivity index (χ3v) is 7.31. The van der Waals surface area contributed by atoms with Gasteiger partial charge in [0.2, 0.25) is 0 Å². The molecule has 1 atom stereocenters. The van der Waals surface area contributed by atoms with E-state index in [0.717, 1.165) is 6.42 Å². The van der Waals surface area contributed by atoms with Crippen LogP contribution < -0.4 is 0 Å². The van der Waals surface area contributed by atoms with Crippen LogP contribution in [0.2, 0.25) is 8.86 Å². The molecule has 0 heterocycles. The quantitative estimate of drug-likeness (QED) is 0.693. The van der Waals surface area contributed by atoms with E-state index in [9.17, 15) is 0 Å². The summed E-state index contributed by atoms with van der Waals surface area (Å²) in [6.45, 7) is 4.36. The molecule has 0 radical (unpaired) electrons. The minimum atomic E-state index is -1.51. The zero-order valence-corrected chi connectivity index (χ0v) is 11.3. The average molecular weight is 259 g/mol. The van der Waals surface area contributed by atoms with E-state index in [1.807, 2.05) is 6.21 Å². The van der Waals surface area contributed by atoms with Crippen LogP contribution in [0.25, 0.3) is 0 Å². The molecule has 0 N–H and O–H groups in total. The Morgan fingerprint density at radius 2 is 2.18 bits per heavy atom. The summed E-state index contributed by atoms with van der Waals surface area (Å²) in [4.78, 5) is 3.98. The van der Waals surface area contributed by atoms with Gasteiger partial charge in [-0.25, -0.2) is 0 Å². The zero-order chi connectivity index (χ0) is 8.69. The maximum absolute atomic E-state index is 5.85. The molecule has 0 amide bonds.